The van der Waals surface area contributed by atoms with E-state index in [4.69, 9.17) is 9.47 Å². The molecular weight excluding hydrogens is 442 g/mol. The second kappa shape index (κ2) is 8.86. The van der Waals surface area contributed by atoms with Crippen molar-refractivity contribution in [2.75, 3.05) is 31.6 Å². The van der Waals surface area contributed by atoms with Crippen LogP contribution in [0.25, 0.3) is 0 Å². The molecule has 35 heavy (non-hydrogen) atoms. The lowest BCUT2D eigenvalue weighted by atomic mass is 9.71. The van der Waals surface area contributed by atoms with Crippen LogP contribution in [0.5, 0.6) is 11.5 Å². The number of anilines is 1. The molecule has 4 aliphatic rings. The summed E-state index contributed by atoms with van der Waals surface area (Å²) in [7, 11) is 0. The van der Waals surface area contributed by atoms with Gasteiger partial charge in [0.2, 0.25) is 5.91 Å². The van der Waals surface area contributed by atoms with Gasteiger partial charge in [-0.15, -0.1) is 0 Å². The molecule has 2 aromatic carbocycles. The molecule has 7 nitrogen and oxygen atoms in total. The molecular formula is C28H33N3O4. The Morgan fingerprint density at radius 2 is 1.77 bits per heavy atom. The molecule has 0 unspecified atom stereocenters. The summed E-state index contributed by atoms with van der Waals surface area (Å²) in [5, 5.41) is 6.04. The fourth-order valence-electron chi connectivity index (χ4n) is 6.04. The molecule has 2 fully saturated rings. The molecule has 0 bridgehead atoms. The highest BCUT2D eigenvalue weighted by Crippen LogP contribution is 2.51. The van der Waals surface area contributed by atoms with E-state index in [0.717, 1.165) is 43.7 Å². The van der Waals surface area contributed by atoms with Crippen LogP contribution in [0.4, 0.5) is 5.69 Å². The number of amides is 2. The summed E-state index contributed by atoms with van der Waals surface area (Å²) in [6, 6.07) is 11.9. The van der Waals surface area contributed by atoms with Crippen molar-refractivity contribution in [2.24, 2.45) is 0 Å². The van der Waals surface area contributed by atoms with Crippen LogP contribution in [0.1, 0.15) is 73.0 Å². The minimum absolute atomic E-state index is 0.0417. The molecule has 6 rings (SSSR count). The maximum absolute atomic E-state index is 13.3. The summed E-state index contributed by atoms with van der Waals surface area (Å²) >= 11 is 0. The van der Waals surface area contributed by atoms with Gasteiger partial charge in [-0.3, -0.25) is 14.5 Å². The third-order valence-corrected chi connectivity index (χ3v) is 8.05. The topological polar surface area (TPSA) is 79.9 Å². The van der Waals surface area contributed by atoms with Crippen LogP contribution in [0.2, 0.25) is 0 Å². The minimum atomic E-state index is -0.124. The van der Waals surface area contributed by atoms with Crippen LogP contribution >= 0.6 is 0 Å². The number of para-hydroxylation sites is 1. The minimum Gasteiger partial charge on any atom is -0.486 e. The third kappa shape index (κ3) is 4.27. The number of nitrogens with one attached hydrogen (secondary N) is 2. The first-order valence-corrected chi connectivity index (χ1v) is 12.9. The number of hydrogen-bond donors (Lipinski definition) is 2. The highest BCUT2D eigenvalue weighted by molar-refractivity contribution is 6.04. The molecule has 0 radical (unpaired) electrons. The first-order valence-electron chi connectivity index (χ1n) is 12.9. The van der Waals surface area contributed by atoms with Crippen molar-refractivity contribution in [3.63, 3.8) is 0 Å². The maximum atomic E-state index is 13.3. The highest BCUT2D eigenvalue weighted by atomic mass is 16.6. The largest absolute Gasteiger partial charge is 0.486 e. The second-order valence-electron chi connectivity index (χ2n) is 10.5. The smallest absolute Gasteiger partial charge is 0.253 e. The Hall–Kier alpha value is -3.06. The Kier molecular flexibility index (Phi) is 5.67. The molecule has 7 heteroatoms. The van der Waals surface area contributed by atoms with Crippen LogP contribution in [0, 0.1) is 0 Å². The number of carbonyl (C=O) groups excluding carboxylic acids is 2. The quantitative estimate of drug-likeness (QED) is 0.678. The van der Waals surface area contributed by atoms with Crippen molar-refractivity contribution in [3.05, 3.63) is 53.1 Å². The molecule has 2 amide bonds. The zero-order chi connectivity index (χ0) is 24.0. The van der Waals surface area contributed by atoms with E-state index in [2.05, 4.69) is 34.6 Å². The van der Waals surface area contributed by atoms with E-state index in [1.807, 2.05) is 12.1 Å². The fraction of sp³-hybridized carbons (Fsp3) is 0.500. The molecule has 2 aliphatic heterocycles. The Bertz CT molecular complexity index is 1150. The van der Waals surface area contributed by atoms with Crippen molar-refractivity contribution in [3.8, 4) is 11.5 Å². The molecule has 2 N–H and O–H groups in total. The van der Waals surface area contributed by atoms with Gasteiger partial charge in [-0.2, -0.15) is 0 Å². The third-order valence-electron chi connectivity index (χ3n) is 8.05. The molecule has 2 aromatic rings. The average Bonchev–Trinajstić information content (AvgIpc) is 3.56. The highest BCUT2D eigenvalue weighted by Gasteiger charge is 2.45. The summed E-state index contributed by atoms with van der Waals surface area (Å²) < 4.78 is 11.8. The number of rotatable bonds is 5. The Balaban J connectivity index is 1.23. The molecule has 2 heterocycles. The molecule has 0 saturated heterocycles. The van der Waals surface area contributed by atoms with Gasteiger partial charge < -0.3 is 20.1 Å². The molecule has 1 atom stereocenters. The van der Waals surface area contributed by atoms with Gasteiger partial charge in [-0.05, 0) is 68.0 Å². The molecule has 184 valence electrons. The van der Waals surface area contributed by atoms with Gasteiger partial charge in [-0.1, -0.05) is 25.0 Å². The van der Waals surface area contributed by atoms with Crippen molar-refractivity contribution in [2.45, 2.75) is 62.9 Å². The SMILES string of the molecule is C[C@H]1c2cc3c(cc2C2(CCCC2)CN1CC(=O)Nc1ccccc1C(=O)NC1CC1)OCCO3. The van der Waals surface area contributed by atoms with E-state index >= 15 is 0 Å². The Labute approximate surface area is 206 Å². The lowest BCUT2D eigenvalue weighted by Crippen LogP contribution is -2.48. The van der Waals surface area contributed by atoms with Gasteiger partial charge in [0.15, 0.2) is 11.5 Å². The average molecular weight is 476 g/mol. The maximum Gasteiger partial charge on any atom is 0.253 e. The van der Waals surface area contributed by atoms with Gasteiger partial charge in [-0.25, -0.2) is 0 Å². The van der Waals surface area contributed by atoms with Gasteiger partial charge >= 0.3 is 0 Å². The van der Waals surface area contributed by atoms with E-state index < -0.39 is 0 Å². The Morgan fingerprint density at radius 1 is 1.06 bits per heavy atom. The number of benzene rings is 2. The molecule has 0 aromatic heterocycles. The predicted octanol–water partition coefficient (Wildman–Crippen LogP) is 4.18. The van der Waals surface area contributed by atoms with Crippen LogP contribution in [-0.4, -0.2) is 49.1 Å². The van der Waals surface area contributed by atoms with E-state index in [1.165, 1.54) is 24.0 Å². The summed E-state index contributed by atoms with van der Waals surface area (Å²) in [4.78, 5) is 28.2. The zero-order valence-corrected chi connectivity index (χ0v) is 20.3. The monoisotopic (exact) mass is 475 g/mol. The number of fused-ring (bicyclic) bond motifs is 3. The van der Waals surface area contributed by atoms with E-state index in [0.29, 0.717) is 24.5 Å². The Morgan fingerprint density at radius 3 is 2.51 bits per heavy atom. The van der Waals surface area contributed by atoms with Gasteiger partial charge in [0.25, 0.3) is 5.91 Å². The van der Waals surface area contributed by atoms with E-state index in [-0.39, 0.29) is 35.9 Å². The number of ether oxygens (including phenoxy) is 2. The van der Waals surface area contributed by atoms with Gasteiger partial charge in [0.05, 0.1) is 17.8 Å². The van der Waals surface area contributed by atoms with Gasteiger partial charge in [0, 0.05) is 24.0 Å². The van der Waals surface area contributed by atoms with E-state index in [1.54, 1.807) is 12.1 Å². The van der Waals surface area contributed by atoms with Crippen LogP contribution in [0.15, 0.2) is 36.4 Å². The number of nitrogens with zero attached hydrogens (tertiary/aromatic N) is 1. The van der Waals surface area contributed by atoms with Crippen molar-refractivity contribution < 1.29 is 19.1 Å². The van der Waals surface area contributed by atoms with Crippen LogP contribution in [0.3, 0.4) is 0 Å². The molecule has 1 spiro atoms. The standard InChI is InChI=1S/C28H33N3O4/c1-18-21-14-24-25(35-13-12-34-24)15-22(21)28(10-4-5-11-28)17-31(18)16-26(32)30-23-7-3-2-6-20(23)27(33)29-19-8-9-19/h2-3,6-7,14-15,18-19H,4-5,8-13,16-17H2,1H3,(H,29,33)(H,30,32)/t18-/m0/s1. The van der Waals surface area contributed by atoms with Gasteiger partial charge in [0.1, 0.15) is 13.2 Å². The summed E-state index contributed by atoms with van der Waals surface area (Å²) in [6.07, 6.45) is 6.69. The summed E-state index contributed by atoms with van der Waals surface area (Å²) in [5.41, 5.74) is 3.72. The summed E-state index contributed by atoms with van der Waals surface area (Å²) in [6.45, 7) is 4.43. The summed E-state index contributed by atoms with van der Waals surface area (Å²) in [5.74, 6) is 1.43. The van der Waals surface area contributed by atoms with Crippen LogP contribution < -0.4 is 20.1 Å². The first-order chi connectivity index (χ1) is 17.0. The first kappa shape index (κ1) is 22.4. The normalized spacial score (nSPS) is 22.5. The number of carbonyl (C=O) groups is 2. The lowest BCUT2D eigenvalue weighted by molar-refractivity contribution is -0.118. The predicted molar refractivity (Wildman–Crippen MR) is 133 cm³/mol. The second-order valence-corrected chi connectivity index (χ2v) is 10.5. The number of hydrogen-bond acceptors (Lipinski definition) is 5. The van der Waals surface area contributed by atoms with Crippen molar-refractivity contribution in [1.82, 2.24) is 10.2 Å². The van der Waals surface area contributed by atoms with Crippen molar-refractivity contribution >= 4 is 17.5 Å². The molecule has 2 saturated carbocycles. The molecule has 2 aliphatic carbocycles. The lowest BCUT2D eigenvalue weighted by Gasteiger charge is -2.46. The zero-order valence-electron chi connectivity index (χ0n) is 20.3. The van der Waals surface area contributed by atoms with Crippen molar-refractivity contribution in [1.29, 1.82) is 0 Å². The fourth-order valence-corrected chi connectivity index (χ4v) is 6.04. The van der Waals surface area contributed by atoms with E-state index in [9.17, 15) is 9.59 Å². The van der Waals surface area contributed by atoms with Crippen LogP contribution in [-0.2, 0) is 10.2 Å².